The third kappa shape index (κ3) is 7.25. The number of guanidine groups is 1. The summed E-state index contributed by atoms with van der Waals surface area (Å²) >= 11 is 1.77. The number of aromatic nitrogens is 1. The molecule has 8 heteroatoms. The quantitative estimate of drug-likeness (QED) is 0.224. The number of nitrogens with zero attached hydrogens (tertiary/aromatic N) is 2. The molecule has 0 unspecified atom stereocenters. The van der Waals surface area contributed by atoms with Crippen LogP contribution >= 0.6 is 35.7 Å². The number of carbonyl (C=O) groups excluding carboxylic acids is 1. The number of nitrogens with one attached hydrogen (secondary N) is 3. The number of benzene rings is 1. The maximum atomic E-state index is 11.8. The van der Waals surface area contributed by atoms with Gasteiger partial charge in [-0.15, -0.1) is 24.0 Å². The van der Waals surface area contributed by atoms with E-state index in [2.05, 4.69) is 58.2 Å². The second-order valence-corrected chi connectivity index (χ2v) is 7.35. The van der Waals surface area contributed by atoms with Gasteiger partial charge < -0.3 is 20.5 Å². The van der Waals surface area contributed by atoms with Crippen molar-refractivity contribution in [1.82, 2.24) is 20.5 Å². The van der Waals surface area contributed by atoms with E-state index in [1.54, 1.807) is 30.8 Å². The van der Waals surface area contributed by atoms with Gasteiger partial charge in [-0.2, -0.15) is 11.8 Å². The van der Waals surface area contributed by atoms with Crippen LogP contribution in [0.4, 0.5) is 0 Å². The molecule has 2 rings (SSSR count). The predicted molar refractivity (Wildman–Crippen MR) is 128 cm³/mol. The predicted octanol–water partition coefficient (Wildman–Crippen LogP) is 2.62. The van der Waals surface area contributed by atoms with Crippen LogP contribution in [0.1, 0.15) is 11.1 Å². The molecule has 1 aromatic carbocycles. The summed E-state index contributed by atoms with van der Waals surface area (Å²) in [7, 11) is 3.48. The van der Waals surface area contributed by atoms with E-state index in [4.69, 9.17) is 0 Å². The number of fused-ring (bicyclic) bond motifs is 1. The number of rotatable bonds is 8. The Morgan fingerprint density at radius 1 is 1.26 bits per heavy atom. The van der Waals surface area contributed by atoms with Crippen molar-refractivity contribution < 1.29 is 4.79 Å². The molecule has 0 aliphatic carbocycles. The van der Waals surface area contributed by atoms with Crippen molar-refractivity contribution in [3.05, 3.63) is 35.5 Å². The van der Waals surface area contributed by atoms with Gasteiger partial charge in [0.05, 0.1) is 0 Å². The number of aromatic amines is 1. The van der Waals surface area contributed by atoms with Crippen LogP contribution in [0.25, 0.3) is 10.9 Å². The lowest BCUT2D eigenvalue weighted by Gasteiger charge is -2.13. The van der Waals surface area contributed by atoms with E-state index in [9.17, 15) is 4.79 Å². The first-order chi connectivity index (χ1) is 12.5. The summed E-state index contributed by atoms with van der Waals surface area (Å²) in [4.78, 5) is 21.1. The highest BCUT2D eigenvalue weighted by molar-refractivity contribution is 14.0. The molecule has 0 aliphatic heterocycles. The van der Waals surface area contributed by atoms with E-state index in [1.807, 2.05) is 0 Å². The maximum Gasteiger partial charge on any atom is 0.243 e. The van der Waals surface area contributed by atoms with Crippen molar-refractivity contribution in [3.63, 3.8) is 0 Å². The summed E-state index contributed by atoms with van der Waals surface area (Å²) in [6.07, 6.45) is 5.03. The normalized spacial score (nSPS) is 11.2. The topological polar surface area (TPSA) is 72.5 Å². The molecule has 0 atom stereocenters. The summed E-state index contributed by atoms with van der Waals surface area (Å²) in [5.74, 6) is 1.67. The number of amides is 1. The van der Waals surface area contributed by atoms with Crippen LogP contribution in [-0.2, 0) is 11.2 Å². The van der Waals surface area contributed by atoms with Gasteiger partial charge >= 0.3 is 0 Å². The molecule has 0 bridgehead atoms. The van der Waals surface area contributed by atoms with E-state index in [1.165, 1.54) is 22.0 Å². The first kappa shape index (κ1) is 23.6. The van der Waals surface area contributed by atoms with Crippen LogP contribution in [0.3, 0.4) is 0 Å². The van der Waals surface area contributed by atoms with Gasteiger partial charge in [0.2, 0.25) is 5.91 Å². The van der Waals surface area contributed by atoms with E-state index < -0.39 is 0 Å². The lowest BCUT2D eigenvalue weighted by molar-refractivity contribution is -0.127. The highest BCUT2D eigenvalue weighted by Crippen LogP contribution is 2.22. The third-order valence-corrected chi connectivity index (χ3v) is 4.76. The molecule has 0 saturated heterocycles. The van der Waals surface area contributed by atoms with Crippen molar-refractivity contribution in [3.8, 4) is 0 Å². The molecule has 0 spiro atoms. The van der Waals surface area contributed by atoms with E-state index in [-0.39, 0.29) is 36.4 Å². The van der Waals surface area contributed by atoms with Gasteiger partial charge in [-0.25, -0.2) is 4.99 Å². The molecule has 3 N–H and O–H groups in total. The van der Waals surface area contributed by atoms with Crippen LogP contribution < -0.4 is 10.6 Å². The average Bonchev–Trinajstić information content (AvgIpc) is 3.03. The Morgan fingerprint density at radius 3 is 2.70 bits per heavy atom. The van der Waals surface area contributed by atoms with Crippen LogP contribution in [0.2, 0.25) is 0 Å². The highest BCUT2D eigenvalue weighted by Gasteiger charge is 2.07. The van der Waals surface area contributed by atoms with Gasteiger partial charge in [0.25, 0.3) is 0 Å². The average molecular weight is 503 g/mol. The fourth-order valence-electron chi connectivity index (χ4n) is 2.70. The number of halogens is 1. The molecule has 2 aromatic rings. The van der Waals surface area contributed by atoms with Crippen LogP contribution in [0.5, 0.6) is 0 Å². The zero-order valence-electron chi connectivity index (χ0n) is 16.5. The summed E-state index contributed by atoms with van der Waals surface area (Å²) in [6, 6.07) is 6.30. The van der Waals surface area contributed by atoms with Crippen LogP contribution in [0, 0.1) is 6.92 Å². The minimum absolute atomic E-state index is 0. The summed E-state index contributed by atoms with van der Waals surface area (Å²) in [5, 5.41) is 7.92. The number of aliphatic imine (C=N–C) groups is 1. The van der Waals surface area contributed by atoms with Crippen LogP contribution in [0.15, 0.2) is 29.4 Å². The number of likely N-dealkylation sites (N-methyl/N-ethyl adjacent to an activating group) is 1. The minimum Gasteiger partial charge on any atom is -0.361 e. The van der Waals surface area contributed by atoms with Crippen molar-refractivity contribution in [2.45, 2.75) is 13.3 Å². The Kier molecular flexibility index (Phi) is 10.6. The van der Waals surface area contributed by atoms with Gasteiger partial charge in [-0.1, -0.05) is 12.1 Å². The van der Waals surface area contributed by atoms with E-state index >= 15 is 0 Å². The molecule has 1 amide bonds. The zero-order valence-corrected chi connectivity index (χ0v) is 19.6. The van der Waals surface area contributed by atoms with Gasteiger partial charge in [0.1, 0.15) is 6.54 Å². The standard InChI is InChI=1S/C19H29N5OS.HI/c1-14-6-5-7-16-18(14)15(12-22-16)8-9-20-19(21-10-11-26-4)23-13-17(25)24(2)3;/h5-7,12,22H,8-11,13H2,1-4H3,(H2,20,21,23);1H. The van der Waals surface area contributed by atoms with Crippen molar-refractivity contribution in [2.24, 2.45) is 4.99 Å². The molecule has 0 radical (unpaired) electrons. The molecular weight excluding hydrogens is 473 g/mol. The Hall–Kier alpha value is -1.42. The molecule has 0 saturated carbocycles. The third-order valence-electron chi connectivity index (χ3n) is 4.15. The molecule has 27 heavy (non-hydrogen) atoms. The second kappa shape index (κ2) is 12.1. The lowest BCUT2D eigenvalue weighted by Crippen LogP contribution is -2.40. The molecule has 0 fully saturated rings. The van der Waals surface area contributed by atoms with Gasteiger partial charge in [-0.05, 0) is 36.8 Å². The number of hydrogen-bond donors (Lipinski definition) is 3. The Bertz CT molecular complexity index is 760. The van der Waals surface area contributed by atoms with Gasteiger partial charge in [-0.3, -0.25) is 4.79 Å². The molecular formula is C19H30IN5OS. The number of hydrogen-bond acceptors (Lipinski definition) is 3. The first-order valence-electron chi connectivity index (χ1n) is 8.79. The summed E-state index contributed by atoms with van der Waals surface area (Å²) < 4.78 is 0. The van der Waals surface area contributed by atoms with Gasteiger partial charge in [0.15, 0.2) is 5.96 Å². The summed E-state index contributed by atoms with van der Waals surface area (Å²) in [6.45, 7) is 3.85. The van der Waals surface area contributed by atoms with E-state index in [0.29, 0.717) is 5.96 Å². The number of carbonyl (C=O) groups is 1. The number of thioether (sulfide) groups is 1. The van der Waals surface area contributed by atoms with Crippen LogP contribution in [-0.4, -0.2) is 67.5 Å². The maximum absolute atomic E-state index is 11.8. The fourth-order valence-corrected chi connectivity index (χ4v) is 3.00. The highest BCUT2D eigenvalue weighted by atomic mass is 127. The second-order valence-electron chi connectivity index (χ2n) is 6.36. The SMILES string of the molecule is CSCCNC(=NCC(=O)N(C)C)NCCc1c[nH]c2cccc(C)c12.I. The van der Waals surface area contributed by atoms with Crippen molar-refractivity contribution in [2.75, 3.05) is 45.7 Å². The number of H-pyrrole nitrogens is 1. The molecule has 150 valence electrons. The lowest BCUT2D eigenvalue weighted by atomic mass is 10.1. The Balaban J connectivity index is 0.00000364. The molecule has 6 nitrogen and oxygen atoms in total. The fraction of sp³-hybridized carbons (Fsp3) is 0.474. The summed E-state index contributed by atoms with van der Waals surface area (Å²) in [5.41, 5.74) is 3.74. The monoisotopic (exact) mass is 503 g/mol. The molecule has 1 aromatic heterocycles. The largest absolute Gasteiger partial charge is 0.361 e. The molecule has 0 aliphatic rings. The Labute approximate surface area is 183 Å². The molecule has 1 heterocycles. The minimum atomic E-state index is -0.0109. The van der Waals surface area contributed by atoms with E-state index in [0.717, 1.165) is 25.3 Å². The number of aryl methyl sites for hydroxylation is 1. The Morgan fingerprint density at radius 2 is 2.00 bits per heavy atom. The van der Waals surface area contributed by atoms with Gasteiger partial charge in [0, 0.05) is 50.0 Å². The smallest absolute Gasteiger partial charge is 0.243 e. The first-order valence-corrected chi connectivity index (χ1v) is 10.2. The van der Waals surface area contributed by atoms with Crippen molar-refractivity contribution in [1.29, 1.82) is 0 Å². The van der Waals surface area contributed by atoms with Crippen molar-refractivity contribution >= 4 is 58.5 Å². The zero-order chi connectivity index (χ0) is 18.9.